The minimum Gasteiger partial charge on any atom is -0.344 e. The molecule has 0 saturated heterocycles. The molecule has 1 amide bonds. The van der Waals surface area contributed by atoms with Crippen LogP contribution in [0.3, 0.4) is 0 Å². The first-order valence-corrected chi connectivity index (χ1v) is 13.0. The monoisotopic (exact) mass is 473 g/mol. The van der Waals surface area contributed by atoms with E-state index in [2.05, 4.69) is 34.5 Å². The fourth-order valence-electron chi connectivity index (χ4n) is 4.25. The van der Waals surface area contributed by atoms with Crippen LogP contribution in [0.4, 0.5) is 11.4 Å². The van der Waals surface area contributed by atoms with Crippen molar-refractivity contribution in [2.75, 3.05) is 17.2 Å². The van der Waals surface area contributed by atoms with Crippen LogP contribution in [0.25, 0.3) is 0 Å². The van der Waals surface area contributed by atoms with E-state index in [9.17, 15) is 18.5 Å². The summed E-state index contributed by atoms with van der Waals surface area (Å²) in [5.74, 6) is -0.264. The van der Waals surface area contributed by atoms with Crippen molar-refractivity contribution in [2.24, 2.45) is 0 Å². The highest BCUT2D eigenvalue weighted by atomic mass is 32.2. The molecule has 7 heteroatoms. The SMILES string of the molecule is CCS(=O)(=O)c1ccc(C(CC#N)NC(=O)c2ccc(N3CCCc4ccccc43)cc2)cc1. The number of para-hydroxylation sites is 1. The van der Waals surface area contributed by atoms with Gasteiger partial charge in [0.15, 0.2) is 9.84 Å². The molecule has 0 aliphatic carbocycles. The van der Waals surface area contributed by atoms with Crippen molar-refractivity contribution < 1.29 is 13.2 Å². The van der Waals surface area contributed by atoms with Crippen molar-refractivity contribution in [3.05, 3.63) is 89.5 Å². The smallest absolute Gasteiger partial charge is 0.251 e. The minimum absolute atomic E-state index is 0.0176. The zero-order valence-corrected chi connectivity index (χ0v) is 19.9. The largest absolute Gasteiger partial charge is 0.344 e. The fourth-order valence-corrected chi connectivity index (χ4v) is 5.14. The van der Waals surface area contributed by atoms with Gasteiger partial charge in [0.05, 0.1) is 29.2 Å². The van der Waals surface area contributed by atoms with Crippen LogP contribution in [0.5, 0.6) is 0 Å². The number of benzene rings is 3. The van der Waals surface area contributed by atoms with Gasteiger partial charge in [-0.15, -0.1) is 0 Å². The van der Waals surface area contributed by atoms with Crippen molar-refractivity contribution >= 4 is 27.1 Å². The van der Waals surface area contributed by atoms with Crippen LogP contribution in [-0.4, -0.2) is 26.6 Å². The van der Waals surface area contributed by atoms with Crippen LogP contribution >= 0.6 is 0 Å². The topological polar surface area (TPSA) is 90.3 Å². The van der Waals surface area contributed by atoms with E-state index in [4.69, 9.17) is 0 Å². The van der Waals surface area contributed by atoms with E-state index in [1.165, 1.54) is 23.4 Å². The summed E-state index contributed by atoms with van der Waals surface area (Å²) in [4.78, 5) is 15.4. The first kappa shape index (κ1) is 23.5. The van der Waals surface area contributed by atoms with Crippen LogP contribution < -0.4 is 10.2 Å². The third kappa shape index (κ3) is 4.97. The summed E-state index contributed by atoms with van der Waals surface area (Å²) in [6.45, 7) is 2.52. The third-order valence-electron chi connectivity index (χ3n) is 6.17. The molecule has 0 bridgehead atoms. The second kappa shape index (κ2) is 10.1. The van der Waals surface area contributed by atoms with Gasteiger partial charge in [-0.25, -0.2) is 8.42 Å². The molecule has 6 nitrogen and oxygen atoms in total. The quantitative estimate of drug-likeness (QED) is 0.524. The van der Waals surface area contributed by atoms with E-state index in [1.807, 2.05) is 18.2 Å². The van der Waals surface area contributed by atoms with Gasteiger partial charge in [0.2, 0.25) is 0 Å². The number of amides is 1. The number of carbonyl (C=O) groups is 1. The molecule has 0 saturated carbocycles. The Balaban J connectivity index is 1.50. The number of nitrogens with one attached hydrogen (secondary N) is 1. The van der Waals surface area contributed by atoms with Crippen LogP contribution in [0.1, 0.15) is 47.3 Å². The molecule has 3 aromatic carbocycles. The van der Waals surface area contributed by atoms with E-state index in [0.717, 1.165) is 25.1 Å². The highest BCUT2D eigenvalue weighted by Crippen LogP contribution is 2.33. The fraction of sp³-hybridized carbons (Fsp3) is 0.259. The van der Waals surface area contributed by atoms with Crippen molar-refractivity contribution in [1.29, 1.82) is 5.26 Å². The van der Waals surface area contributed by atoms with Crippen molar-refractivity contribution in [3.8, 4) is 6.07 Å². The number of fused-ring (bicyclic) bond motifs is 1. The lowest BCUT2D eigenvalue weighted by Crippen LogP contribution is -2.28. The Morgan fingerprint density at radius 2 is 1.76 bits per heavy atom. The number of nitriles is 1. The number of sulfone groups is 1. The second-order valence-electron chi connectivity index (χ2n) is 8.29. The number of anilines is 2. The zero-order valence-electron chi connectivity index (χ0n) is 19.1. The summed E-state index contributed by atoms with van der Waals surface area (Å²) in [6, 6.07) is 23.8. The molecule has 4 rings (SSSR count). The van der Waals surface area contributed by atoms with Gasteiger partial charge in [-0.3, -0.25) is 4.79 Å². The predicted octanol–water partition coefficient (Wildman–Crippen LogP) is 4.95. The molecule has 1 aliphatic rings. The van der Waals surface area contributed by atoms with E-state index in [0.29, 0.717) is 11.1 Å². The van der Waals surface area contributed by atoms with Gasteiger partial charge in [-0.2, -0.15) is 5.26 Å². The summed E-state index contributed by atoms with van der Waals surface area (Å²) >= 11 is 0. The Morgan fingerprint density at radius 3 is 2.44 bits per heavy atom. The Labute approximate surface area is 200 Å². The summed E-state index contributed by atoms with van der Waals surface area (Å²) < 4.78 is 24.1. The molecule has 1 heterocycles. The highest BCUT2D eigenvalue weighted by molar-refractivity contribution is 7.91. The number of carbonyl (C=O) groups excluding carboxylic acids is 1. The molecule has 3 aromatic rings. The molecule has 1 unspecified atom stereocenters. The van der Waals surface area contributed by atoms with Crippen molar-refractivity contribution in [1.82, 2.24) is 5.32 Å². The van der Waals surface area contributed by atoms with Crippen LogP contribution in [-0.2, 0) is 16.3 Å². The lowest BCUT2D eigenvalue weighted by molar-refractivity contribution is 0.0937. The second-order valence-corrected chi connectivity index (χ2v) is 10.6. The maximum Gasteiger partial charge on any atom is 0.251 e. The predicted molar refractivity (Wildman–Crippen MR) is 133 cm³/mol. The van der Waals surface area contributed by atoms with Gasteiger partial charge in [0.25, 0.3) is 5.91 Å². The molecule has 0 radical (unpaired) electrons. The van der Waals surface area contributed by atoms with Gasteiger partial charge < -0.3 is 10.2 Å². The normalized spacial score (nSPS) is 14.1. The lowest BCUT2D eigenvalue weighted by Gasteiger charge is -2.31. The number of hydrogen-bond acceptors (Lipinski definition) is 5. The molecule has 34 heavy (non-hydrogen) atoms. The molecular formula is C27H27N3O3S. The average molecular weight is 474 g/mol. The van der Waals surface area contributed by atoms with Crippen LogP contribution in [0.2, 0.25) is 0 Å². The van der Waals surface area contributed by atoms with Crippen molar-refractivity contribution in [2.45, 2.75) is 37.1 Å². The van der Waals surface area contributed by atoms with Crippen LogP contribution in [0, 0.1) is 11.3 Å². The number of nitrogens with zero attached hydrogens (tertiary/aromatic N) is 2. The molecule has 0 spiro atoms. The number of rotatable bonds is 7. The minimum atomic E-state index is -3.31. The Kier molecular flexibility index (Phi) is 6.99. The Hall–Kier alpha value is -3.63. The third-order valence-corrected chi connectivity index (χ3v) is 7.92. The van der Waals surface area contributed by atoms with Gasteiger partial charge in [0.1, 0.15) is 0 Å². The van der Waals surface area contributed by atoms with Gasteiger partial charge in [-0.05, 0) is 66.4 Å². The first-order valence-electron chi connectivity index (χ1n) is 11.4. The molecule has 174 valence electrons. The summed E-state index contributed by atoms with van der Waals surface area (Å²) in [5.41, 5.74) is 4.75. The number of hydrogen-bond donors (Lipinski definition) is 1. The Bertz CT molecular complexity index is 1310. The summed E-state index contributed by atoms with van der Waals surface area (Å²) in [7, 11) is -3.31. The number of aryl methyl sites for hydroxylation is 1. The van der Waals surface area contributed by atoms with E-state index >= 15 is 0 Å². The maximum absolute atomic E-state index is 12.9. The highest BCUT2D eigenvalue weighted by Gasteiger charge is 2.20. The summed E-state index contributed by atoms with van der Waals surface area (Å²) in [6.07, 6.45) is 2.22. The lowest BCUT2D eigenvalue weighted by atomic mass is 10.0. The summed E-state index contributed by atoms with van der Waals surface area (Å²) in [5, 5.41) is 12.2. The standard InChI is InChI=1S/C27H27N3O3S/c1-2-34(32,33)24-15-11-20(12-16-24)25(17-18-28)29-27(31)22-9-13-23(14-10-22)30-19-5-7-21-6-3-4-8-26(21)30/h3-4,6,8-16,25H,2,5,7,17,19H2,1H3,(H,29,31). The first-order chi connectivity index (χ1) is 16.4. The zero-order chi connectivity index (χ0) is 24.1. The van der Waals surface area contributed by atoms with Gasteiger partial charge in [0, 0.05) is 23.5 Å². The average Bonchev–Trinajstić information content (AvgIpc) is 2.88. The van der Waals surface area contributed by atoms with E-state index in [1.54, 1.807) is 31.2 Å². The van der Waals surface area contributed by atoms with E-state index in [-0.39, 0.29) is 23.0 Å². The molecule has 0 aromatic heterocycles. The molecule has 1 atom stereocenters. The van der Waals surface area contributed by atoms with E-state index < -0.39 is 15.9 Å². The Morgan fingerprint density at radius 1 is 1.06 bits per heavy atom. The molecule has 1 N–H and O–H groups in total. The van der Waals surface area contributed by atoms with Gasteiger partial charge in [-0.1, -0.05) is 37.3 Å². The van der Waals surface area contributed by atoms with Crippen LogP contribution in [0.15, 0.2) is 77.7 Å². The van der Waals surface area contributed by atoms with Gasteiger partial charge >= 0.3 is 0 Å². The maximum atomic E-state index is 12.9. The van der Waals surface area contributed by atoms with Crippen molar-refractivity contribution in [3.63, 3.8) is 0 Å². The molecule has 0 fully saturated rings. The molecular weight excluding hydrogens is 446 g/mol. The molecule has 1 aliphatic heterocycles.